The first-order valence-corrected chi connectivity index (χ1v) is 7.57. The van der Waals surface area contributed by atoms with Gasteiger partial charge in [0.1, 0.15) is 11.6 Å². The molecule has 1 fully saturated rings. The van der Waals surface area contributed by atoms with Gasteiger partial charge < -0.3 is 15.4 Å². The van der Waals surface area contributed by atoms with Crippen molar-refractivity contribution in [2.75, 3.05) is 26.2 Å². The van der Waals surface area contributed by atoms with E-state index in [4.69, 9.17) is 16.3 Å². The van der Waals surface area contributed by atoms with Crippen molar-refractivity contribution in [3.05, 3.63) is 22.8 Å². The highest BCUT2D eigenvalue weighted by Gasteiger charge is 2.31. The Balaban J connectivity index is 0.00000288. The maximum absolute atomic E-state index is 12.5. The van der Waals surface area contributed by atoms with E-state index >= 15 is 0 Å². The molecule has 0 saturated heterocycles. The quantitative estimate of drug-likeness (QED) is 0.630. The minimum atomic E-state index is -4.50. The number of ether oxygens (including phenoxy) is 1. The molecule has 0 unspecified atom stereocenters. The average Bonchev–Trinajstić information content (AvgIpc) is 3.28. The number of carbonyl (C=O) groups excluding carboxylic acids is 1. The lowest BCUT2D eigenvalue weighted by atomic mass is 10.3. The lowest BCUT2D eigenvalue weighted by molar-refractivity contribution is -0.137. The van der Waals surface area contributed by atoms with Gasteiger partial charge in [0.25, 0.3) is 0 Å². The van der Waals surface area contributed by atoms with E-state index in [9.17, 15) is 18.0 Å². The van der Waals surface area contributed by atoms with Crippen LogP contribution in [0.2, 0.25) is 5.02 Å². The highest BCUT2D eigenvalue weighted by Crippen LogP contribution is 2.33. The Bertz CT molecular complexity index is 558. The van der Waals surface area contributed by atoms with Gasteiger partial charge in [0.15, 0.2) is 0 Å². The Labute approximate surface area is 160 Å². The van der Waals surface area contributed by atoms with Gasteiger partial charge in [-0.15, -0.1) is 24.8 Å². The molecule has 1 aromatic heterocycles. The second-order valence-corrected chi connectivity index (χ2v) is 5.69. The maximum Gasteiger partial charge on any atom is 0.417 e. The largest absolute Gasteiger partial charge is 0.475 e. The van der Waals surface area contributed by atoms with E-state index in [1.165, 1.54) is 12.8 Å². The Morgan fingerprint density at radius 3 is 2.60 bits per heavy atom. The molecule has 1 heterocycles. The van der Waals surface area contributed by atoms with Crippen LogP contribution in [0.3, 0.4) is 0 Å². The Morgan fingerprint density at radius 1 is 1.36 bits per heavy atom. The minimum absolute atomic E-state index is 0. The topological polar surface area (TPSA) is 63.2 Å². The lowest BCUT2D eigenvalue weighted by Crippen LogP contribution is -2.36. The summed E-state index contributed by atoms with van der Waals surface area (Å²) < 4.78 is 42.5. The van der Waals surface area contributed by atoms with E-state index in [2.05, 4.69) is 15.6 Å². The van der Waals surface area contributed by atoms with Crippen LogP contribution in [0.4, 0.5) is 13.2 Å². The van der Waals surface area contributed by atoms with Crippen molar-refractivity contribution >= 4 is 42.3 Å². The molecule has 1 aliphatic carbocycles. The molecule has 1 aromatic rings. The van der Waals surface area contributed by atoms with Crippen LogP contribution >= 0.6 is 36.4 Å². The summed E-state index contributed by atoms with van der Waals surface area (Å²) in [5.41, 5.74) is -0.940. The van der Waals surface area contributed by atoms with Gasteiger partial charge in [-0.1, -0.05) is 11.6 Å². The fourth-order valence-electron chi connectivity index (χ4n) is 1.80. The fraction of sp³-hybridized carbons (Fsp3) is 0.571. The van der Waals surface area contributed by atoms with E-state index in [0.717, 1.165) is 12.6 Å². The van der Waals surface area contributed by atoms with Crippen molar-refractivity contribution in [2.45, 2.75) is 19.0 Å². The number of hydrogen-bond acceptors (Lipinski definition) is 4. The molecule has 1 amide bonds. The van der Waals surface area contributed by atoms with Crippen molar-refractivity contribution < 1.29 is 22.7 Å². The summed E-state index contributed by atoms with van der Waals surface area (Å²) in [4.78, 5) is 15.0. The number of amides is 1. The van der Waals surface area contributed by atoms with E-state index in [1.54, 1.807) is 0 Å². The van der Waals surface area contributed by atoms with Crippen molar-refractivity contribution in [3.8, 4) is 5.88 Å². The number of alkyl halides is 3. The second kappa shape index (κ2) is 10.9. The Hall–Kier alpha value is -0.960. The van der Waals surface area contributed by atoms with Crippen LogP contribution in [-0.2, 0) is 11.0 Å². The minimum Gasteiger partial charge on any atom is -0.475 e. The molecule has 0 radical (unpaired) electrons. The normalized spacial score (nSPS) is 13.4. The Kier molecular flexibility index (Phi) is 10.5. The molecule has 11 heteroatoms. The third kappa shape index (κ3) is 8.80. The predicted octanol–water partition coefficient (Wildman–Crippen LogP) is 3.09. The summed E-state index contributed by atoms with van der Waals surface area (Å²) in [6.07, 6.45) is -1.43. The van der Waals surface area contributed by atoms with Crippen molar-refractivity contribution in [1.82, 2.24) is 15.6 Å². The molecule has 25 heavy (non-hydrogen) atoms. The smallest absolute Gasteiger partial charge is 0.417 e. The summed E-state index contributed by atoms with van der Waals surface area (Å²) in [6, 6.07) is 0.754. The van der Waals surface area contributed by atoms with Crippen molar-refractivity contribution in [3.63, 3.8) is 0 Å². The zero-order chi connectivity index (χ0) is 16.9. The number of halogens is 6. The maximum atomic E-state index is 12.5. The lowest BCUT2D eigenvalue weighted by Gasteiger charge is -2.11. The number of nitrogens with zero attached hydrogens (tertiary/aromatic N) is 1. The first-order chi connectivity index (χ1) is 10.9. The summed E-state index contributed by atoms with van der Waals surface area (Å²) in [6.45, 7) is 1.35. The summed E-state index contributed by atoms with van der Waals surface area (Å²) >= 11 is 5.70. The van der Waals surface area contributed by atoms with Gasteiger partial charge in [-0.25, -0.2) is 4.98 Å². The van der Waals surface area contributed by atoms with Crippen LogP contribution in [0.25, 0.3) is 0 Å². The van der Waals surface area contributed by atoms with E-state index in [1.807, 2.05) is 0 Å². The standard InChI is InChI=1S/C14H17ClF3N3O2.2ClH/c15-11-5-10(14(16,17)18)7-21-13(11)23-4-3-20-12(22)8-19-6-9-1-2-9;;/h5,7,9,19H,1-4,6,8H2,(H,20,22);2*1H. The number of aromatic nitrogens is 1. The molecule has 144 valence electrons. The van der Waals surface area contributed by atoms with Crippen LogP contribution in [0.15, 0.2) is 12.3 Å². The van der Waals surface area contributed by atoms with E-state index in [0.29, 0.717) is 12.1 Å². The van der Waals surface area contributed by atoms with Crippen LogP contribution in [0.1, 0.15) is 18.4 Å². The molecule has 0 spiro atoms. The first kappa shape index (κ1) is 24.0. The molecule has 1 saturated carbocycles. The monoisotopic (exact) mass is 423 g/mol. The third-order valence-electron chi connectivity index (χ3n) is 3.21. The first-order valence-electron chi connectivity index (χ1n) is 7.19. The van der Waals surface area contributed by atoms with Crippen LogP contribution in [0, 0.1) is 5.92 Å². The number of rotatable bonds is 8. The summed E-state index contributed by atoms with van der Waals surface area (Å²) in [7, 11) is 0. The predicted molar refractivity (Wildman–Crippen MR) is 92.8 cm³/mol. The zero-order valence-corrected chi connectivity index (χ0v) is 15.5. The highest BCUT2D eigenvalue weighted by atomic mass is 35.5. The van der Waals surface area contributed by atoms with Gasteiger partial charge >= 0.3 is 6.18 Å². The number of pyridine rings is 1. The SMILES string of the molecule is Cl.Cl.O=C(CNCC1CC1)NCCOc1ncc(C(F)(F)F)cc1Cl. The molecule has 5 nitrogen and oxygen atoms in total. The molecule has 2 rings (SSSR count). The van der Waals surface area contributed by atoms with Crippen LogP contribution in [0.5, 0.6) is 5.88 Å². The molecule has 0 bridgehead atoms. The van der Waals surface area contributed by atoms with Gasteiger partial charge in [0.2, 0.25) is 11.8 Å². The molecular weight excluding hydrogens is 406 g/mol. The van der Waals surface area contributed by atoms with Crippen LogP contribution < -0.4 is 15.4 Å². The highest BCUT2D eigenvalue weighted by molar-refractivity contribution is 6.31. The zero-order valence-electron chi connectivity index (χ0n) is 13.1. The van der Waals surface area contributed by atoms with Gasteiger partial charge in [-0.3, -0.25) is 4.79 Å². The molecule has 0 aromatic carbocycles. The second-order valence-electron chi connectivity index (χ2n) is 5.28. The third-order valence-corrected chi connectivity index (χ3v) is 3.48. The van der Waals surface area contributed by atoms with Gasteiger partial charge in [-0.05, 0) is 31.4 Å². The number of nitrogens with one attached hydrogen (secondary N) is 2. The molecular formula is C14H19Cl3F3N3O2. The van der Waals surface area contributed by atoms with Crippen molar-refractivity contribution in [1.29, 1.82) is 0 Å². The van der Waals surface area contributed by atoms with E-state index in [-0.39, 0.29) is 61.3 Å². The van der Waals surface area contributed by atoms with E-state index < -0.39 is 11.7 Å². The number of carbonyl (C=O) groups is 1. The summed E-state index contributed by atoms with van der Waals surface area (Å²) in [5, 5.41) is 5.44. The Morgan fingerprint density at radius 2 is 2.04 bits per heavy atom. The average molecular weight is 425 g/mol. The summed E-state index contributed by atoms with van der Waals surface area (Å²) in [5.74, 6) is 0.431. The van der Waals surface area contributed by atoms with Gasteiger partial charge in [0.05, 0.1) is 18.7 Å². The number of hydrogen-bond donors (Lipinski definition) is 2. The van der Waals surface area contributed by atoms with Crippen LogP contribution in [-0.4, -0.2) is 37.1 Å². The van der Waals surface area contributed by atoms with Gasteiger partial charge in [-0.2, -0.15) is 13.2 Å². The molecule has 2 N–H and O–H groups in total. The fourth-order valence-corrected chi connectivity index (χ4v) is 2.02. The molecule has 0 atom stereocenters. The molecule has 1 aliphatic rings. The van der Waals surface area contributed by atoms with Gasteiger partial charge in [0, 0.05) is 6.20 Å². The van der Waals surface area contributed by atoms with Crippen molar-refractivity contribution in [2.24, 2.45) is 5.92 Å². The molecule has 0 aliphatic heterocycles.